The summed E-state index contributed by atoms with van der Waals surface area (Å²) in [4.78, 5) is 10.7. The quantitative estimate of drug-likeness (QED) is 0.535. The molecule has 12 heavy (non-hydrogen) atoms. The summed E-state index contributed by atoms with van der Waals surface area (Å²) >= 11 is 0. The number of nitrogens with one attached hydrogen (secondary N) is 2. The molecule has 0 saturated heterocycles. The number of aromatic nitrogens is 2. The van der Waals surface area contributed by atoms with Gasteiger partial charge >= 0.3 is 5.97 Å². The molecule has 0 aliphatic carbocycles. The van der Waals surface area contributed by atoms with Crippen molar-refractivity contribution < 1.29 is 9.90 Å². The van der Waals surface area contributed by atoms with Crippen molar-refractivity contribution in [3.63, 3.8) is 0 Å². The number of carboxylic acid groups (broad SMARTS) is 1. The lowest BCUT2D eigenvalue weighted by Crippen LogP contribution is -2.32. The molecule has 2 rings (SSSR count). The van der Waals surface area contributed by atoms with Crippen LogP contribution in [0.5, 0.6) is 0 Å². The summed E-state index contributed by atoms with van der Waals surface area (Å²) in [6.07, 6.45) is 1.73. The Morgan fingerprint density at radius 3 is 3.33 bits per heavy atom. The Balaban J connectivity index is 2.37. The second-order valence-electron chi connectivity index (χ2n) is 2.82. The van der Waals surface area contributed by atoms with Gasteiger partial charge in [0.05, 0.1) is 5.69 Å². The summed E-state index contributed by atoms with van der Waals surface area (Å²) in [5.74, 6) is -1.32. The van der Waals surface area contributed by atoms with Gasteiger partial charge in [0.1, 0.15) is 5.92 Å². The first-order chi connectivity index (χ1) is 5.79. The summed E-state index contributed by atoms with van der Waals surface area (Å²) in [5, 5.41) is 18.4. The number of fused-ring (bicyclic) bond motifs is 1. The largest absolute Gasteiger partial charge is 0.481 e. The molecule has 64 valence electrons. The molecule has 1 aromatic heterocycles. The van der Waals surface area contributed by atoms with E-state index in [1.165, 1.54) is 0 Å². The number of H-pyrrole nitrogens is 1. The molecule has 0 aromatic carbocycles. The van der Waals surface area contributed by atoms with Crippen LogP contribution in [0.3, 0.4) is 0 Å². The average molecular weight is 167 g/mol. The second-order valence-corrected chi connectivity index (χ2v) is 2.82. The molecule has 1 aliphatic rings. The Hall–Kier alpha value is -1.36. The molecule has 0 fully saturated rings. The Morgan fingerprint density at radius 2 is 2.58 bits per heavy atom. The molecule has 0 amide bonds. The minimum absolute atomic E-state index is 0.465. The molecule has 5 nitrogen and oxygen atoms in total. The van der Waals surface area contributed by atoms with Crippen molar-refractivity contribution in [1.82, 2.24) is 15.5 Å². The van der Waals surface area contributed by atoms with Gasteiger partial charge in [-0.25, -0.2) is 0 Å². The molecule has 0 bridgehead atoms. The van der Waals surface area contributed by atoms with Crippen LogP contribution in [0.2, 0.25) is 0 Å². The minimum atomic E-state index is -0.824. The van der Waals surface area contributed by atoms with Crippen LogP contribution >= 0.6 is 0 Å². The maximum absolute atomic E-state index is 10.7. The summed E-state index contributed by atoms with van der Waals surface area (Å²) in [6.45, 7) is 1.17. The Morgan fingerprint density at radius 1 is 1.75 bits per heavy atom. The van der Waals surface area contributed by atoms with Gasteiger partial charge in [-0.1, -0.05) is 0 Å². The van der Waals surface area contributed by atoms with Crippen molar-refractivity contribution in [3.05, 3.63) is 17.5 Å². The van der Waals surface area contributed by atoms with Crippen LogP contribution in [0.15, 0.2) is 6.20 Å². The second kappa shape index (κ2) is 2.60. The van der Waals surface area contributed by atoms with Gasteiger partial charge in [0.15, 0.2) is 0 Å². The lowest BCUT2D eigenvalue weighted by molar-refractivity contribution is -0.138. The number of carboxylic acids is 1. The molecule has 0 saturated carbocycles. The van der Waals surface area contributed by atoms with Crippen LogP contribution < -0.4 is 5.32 Å². The van der Waals surface area contributed by atoms with E-state index in [2.05, 4.69) is 15.5 Å². The topological polar surface area (TPSA) is 78.0 Å². The zero-order valence-electron chi connectivity index (χ0n) is 6.37. The third-order valence-electron chi connectivity index (χ3n) is 2.04. The van der Waals surface area contributed by atoms with Gasteiger partial charge in [-0.2, -0.15) is 5.10 Å². The Bertz CT molecular complexity index is 307. The first-order valence-corrected chi connectivity index (χ1v) is 3.75. The number of hydrogen-bond donors (Lipinski definition) is 3. The zero-order chi connectivity index (χ0) is 8.55. The van der Waals surface area contributed by atoms with Crippen molar-refractivity contribution in [3.8, 4) is 0 Å². The molecular formula is C7H9N3O2. The third kappa shape index (κ3) is 0.984. The monoisotopic (exact) mass is 167 g/mol. The number of hydrogen-bond acceptors (Lipinski definition) is 3. The fraction of sp³-hybridized carbons (Fsp3) is 0.429. The maximum Gasteiger partial charge on any atom is 0.313 e. The van der Waals surface area contributed by atoms with E-state index in [-0.39, 0.29) is 0 Å². The summed E-state index contributed by atoms with van der Waals surface area (Å²) in [5.41, 5.74) is 1.62. The standard InChI is InChI=1S/C7H9N3O2/c11-7(12)5-3-8-1-4-2-9-10-6(4)5/h2,5,8H,1,3H2,(H,9,10)(H,11,12). The highest BCUT2D eigenvalue weighted by atomic mass is 16.4. The Labute approximate surface area is 68.8 Å². The van der Waals surface area contributed by atoms with Gasteiger partial charge in [-0.05, 0) is 0 Å². The van der Waals surface area contributed by atoms with Crippen LogP contribution in [0.1, 0.15) is 17.2 Å². The van der Waals surface area contributed by atoms with Gasteiger partial charge in [-0.15, -0.1) is 0 Å². The summed E-state index contributed by atoms with van der Waals surface area (Å²) in [6, 6.07) is 0. The van der Waals surface area contributed by atoms with Crippen LogP contribution in [-0.4, -0.2) is 27.8 Å². The average Bonchev–Trinajstić information content (AvgIpc) is 2.49. The highest BCUT2D eigenvalue weighted by Gasteiger charge is 2.27. The van der Waals surface area contributed by atoms with E-state index in [1.807, 2.05) is 0 Å². The van der Waals surface area contributed by atoms with Gasteiger partial charge in [0, 0.05) is 24.8 Å². The molecule has 1 aliphatic heterocycles. The van der Waals surface area contributed by atoms with Crippen molar-refractivity contribution in [2.24, 2.45) is 0 Å². The summed E-state index contributed by atoms with van der Waals surface area (Å²) in [7, 11) is 0. The number of aliphatic carboxylic acids is 1. The molecular weight excluding hydrogens is 158 g/mol. The summed E-state index contributed by atoms with van der Waals surface area (Å²) < 4.78 is 0. The SMILES string of the molecule is O=C(O)C1CNCc2c[nH]nc21. The highest BCUT2D eigenvalue weighted by Crippen LogP contribution is 2.20. The van der Waals surface area contributed by atoms with Crippen LogP contribution in [-0.2, 0) is 11.3 Å². The van der Waals surface area contributed by atoms with Crippen LogP contribution in [0.4, 0.5) is 0 Å². The Kier molecular flexibility index (Phi) is 1.58. The molecule has 1 aromatic rings. The molecule has 2 heterocycles. The van der Waals surface area contributed by atoms with Crippen molar-refractivity contribution >= 4 is 5.97 Å². The third-order valence-corrected chi connectivity index (χ3v) is 2.04. The fourth-order valence-electron chi connectivity index (χ4n) is 1.42. The molecule has 0 radical (unpaired) electrons. The number of rotatable bonds is 1. The van der Waals surface area contributed by atoms with Crippen molar-refractivity contribution in [2.45, 2.75) is 12.5 Å². The van der Waals surface area contributed by atoms with E-state index in [9.17, 15) is 4.79 Å². The predicted octanol–water partition coefficient (Wildman–Crippen LogP) is -0.319. The van der Waals surface area contributed by atoms with Gasteiger partial charge < -0.3 is 10.4 Å². The van der Waals surface area contributed by atoms with Gasteiger partial charge in [0.25, 0.3) is 0 Å². The zero-order valence-corrected chi connectivity index (χ0v) is 6.37. The molecule has 1 atom stereocenters. The number of carbonyl (C=O) groups is 1. The van der Waals surface area contributed by atoms with Gasteiger partial charge in [-0.3, -0.25) is 9.89 Å². The normalized spacial score (nSPS) is 21.8. The van der Waals surface area contributed by atoms with Crippen molar-refractivity contribution in [2.75, 3.05) is 6.54 Å². The number of aromatic amines is 1. The lowest BCUT2D eigenvalue weighted by Gasteiger charge is -2.17. The van der Waals surface area contributed by atoms with Crippen LogP contribution in [0, 0.1) is 0 Å². The van der Waals surface area contributed by atoms with E-state index in [0.29, 0.717) is 18.8 Å². The fourth-order valence-corrected chi connectivity index (χ4v) is 1.42. The highest BCUT2D eigenvalue weighted by molar-refractivity contribution is 5.76. The van der Waals surface area contributed by atoms with E-state index in [4.69, 9.17) is 5.11 Å². The molecule has 0 spiro atoms. The molecule has 3 N–H and O–H groups in total. The lowest BCUT2D eigenvalue weighted by atomic mass is 9.99. The first kappa shape index (κ1) is 7.30. The minimum Gasteiger partial charge on any atom is -0.481 e. The number of nitrogens with zero attached hydrogens (tertiary/aromatic N) is 1. The van der Waals surface area contributed by atoms with Crippen LogP contribution in [0.25, 0.3) is 0 Å². The maximum atomic E-state index is 10.7. The van der Waals surface area contributed by atoms with E-state index in [0.717, 1.165) is 5.56 Å². The van der Waals surface area contributed by atoms with Gasteiger partial charge in [0.2, 0.25) is 0 Å². The first-order valence-electron chi connectivity index (χ1n) is 3.75. The smallest absolute Gasteiger partial charge is 0.313 e. The van der Waals surface area contributed by atoms with E-state index >= 15 is 0 Å². The van der Waals surface area contributed by atoms with E-state index < -0.39 is 11.9 Å². The van der Waals surface area contributed by atoms with E-state index in [1.54, 1.807) is 6.20 Å². The predicted molar refractivity (Wildman–Crippen MR) is 40.7 cm³/mol. The van der Waals surface area contributed by atoms with Crippen molar-refractivity contribution in [1.29, 1.82) is 0 Å². The molecule has 5 heteroatoms. The molecule has 1 unspecified atom stereocenters.